The molecule has 0 aliphatic heterocycles. The standard InChI is InChI=1S/C17H22N2O4/c20-15(9-12-5-1-2-6-12)18-11-16(21)19-14-8-4-3-7-13(14)10-17(22)23/h3-4,7-8,12H,1-2,5-6,9-11H2,(H,18,20)(H,19,21)(H,22,23). The molecule has 3 N–H and O–H groups in total. The molecule has 23 heavy (non-hydrogen) atoms. The Kier molecular flexibility index (Phi) is 6.14. The fourth-order valence-corrected chi connectivity index (χ4v) is 2.88. The third-order valence-corrected chi connectivity index (χ3v) is 4.03. The first-order valence-corrected chi connectivity index (χ1v) is 7.91. The van der Waals surface area contributed by atoms with Gasteiger partial charge in [0, 0.05) is 12.1 Å². The zero-order chi connectivity index (χ0) is 16.7. The third-order valence-electron chi connectivity index (χ3n) is 4.03. The van der Waals surface area contributed by atoms with Crippen molar-refractivity contribution in [1.82, 2.24) is 5.32 Å². The van der Waals surface area contributed by atoms with Gasteiger partial charge in [-0.2, -0.15) is 0 Å². The second-order valence-corrected chi connectivity index (χ2v) is 5.91. The number of benzene rings is 1. The quantitative estimate of drug-likeness (QED) is 0.716. The van der Waals surface area contributed by atoms with Gasteiger partial charge < -0.3 is 15.7 Å². The zero-order valence-electron chi connectivity index (χ0n) is 13.0. The summed E-state index contributed by atoms with van der Waals surface area (Å²) >= 11 is 0. The highest BCUT2D eigenvalue weighted by Crippen LogP contribution is 2.27. The predicted molar refractivity (Wildman–Crippen MR) is 86.0 cm³/mol. The Balaban J connectivity index is 1.80. The predicted octanol–water partition coefficient (Wildman–Crippen LogP) is 1.95. The van der Waals surface area contributed by atoms with Gasteiger partial charge >= 0.3 is 5.97 Å². The number of rotatable bonds is 7. The van der Waals surface area contributed by atoms with Gasteiger partial charge in [-0.1, -0.05) is 31.0 Å². The Hall–Kier alpha value is -2.37. The monoisotopic (exact) mass is 318 g/mol. The van der Waals surface area contributed by atoms with Crippen molar-refractivity contribution in [1.29, 1.82) is 0 Å². The molecule has 2 rings (SSSR count). The third kappa shape index (κ3) is 5.73. The van der Waals surface area contributed by atoms with Gasteiger partial charge in [0.05, 0.1) is 13.0 Å². The first-order valence-electron chi connectivity index (χ1n) is 7.91. The molecule has 0 bridgehead atoms. The maximum Gasteiger partial charge on any atom is 0.307 e. The number of hydrogen-bond acceptors (Lipinski definition) is 3. The lowest BCUT2D eigenvalue weighted by Gasteiger charge is -2.11. The Morgan fingerprint density at radius 3 is 2.48 bits per heavy atom. The van der Waals surface area contributed by atoms with E-state index in [2.05, 4.69) is 10.6 Å². The molecule has 6 nitrogen and oxygen atoms in total. The molecular formula is C17H22N2O4. The van der Waals surface area contributed by atoms with Crippen molar-refractivity contribution in [2.45, 2.75) is 38.5 Å². The summed E-state index contributed by atoms with van der Waals surface area (Å²) < 4.78 is 0. The van der Waals surface area contributed by atoms with E-state index < -0.39 is 5.97 Å². The largest absolute Gasteiger partial charge is 0.481 e. The van der Waals surface area contributed by atoms with Crippen molar-refractivity contribution < 1.29 is 19.5 Å². The van der Waals surface area contributed by atoms with Crippen LogP contribution in [0.15, 0.2) is 24.3 Å². The first kappa shape index (κ1) is 17.0. The fraction of sp³-hybridized carbons (Fsp3) is 0.471. The van der Waals surface area contributed by atoms with Gasteiger partial charge in [-0.3, -0.25) is 14.4 Å². The van der Waals surface area contributed by atoms with E-state index in [9.17, 15) is 14.4 Å². The molecule has 1 aromatic carbocycles. The average molecular weight is 318 g/mol. The van der Waals surface area contributed by atoms with Crippen LogP contribution in [0.5, 0.6) is 0 Å². The van der Waals surface area contributed by atoms with Crippen LogP contribution in [-0.2, 0) is 20.8 Å². The Bertz CT molecular complexity index is 580. The molecule has 0 heterocycles. The molecule has 1 aliphatic rings. The highest BCUT2D eigenvalue weighted by Gasteiger charge is 2.18. The van der Waals surface area contributed by atoms with Crippen molar-refractivity contribution in [3.8, 4) is 0 Å². The van der Waals surface area contributed by atoms with Crippen LogP contribution in [0.4, 0.5) is 5.69 Å². The molecule has 0 saturated heterocycles. The van der Waals surface area contributed by atoms with Crippen LogP contribution in [0, 0.1) is 5.92 Å². The van der Waals surface area contributed by atoms with Gasteiger partial charge in [-0.15, -0.1) is 0 Å². The van der Waals surface area contributed by atoms with Crippen molar-refractivity contribution in [3.05, 3.63) is 29.8 Å². The first-order chi connectivity index (χ1) is 11.0. The lowest BCUT2D eigenvalue weighted by atomic mass is 10.0. The maximum absolute atomic E-state index is 11.9. The topological polar surface area (TPSA) is 95.5 Å². The van der Waals surface area contributed by atoms with E-state index in [4.69, 9.17) is 5.11 Å². The minimum Gasteiger partial charge on any atom is -0.481 e. The number of carboxylic acid groups (broad SMARTS) is 1. The minimum atomic E-state index is -0.962. The average Bonchev–Trinajstić information content (AvgIpc) is 2.99. The van der Waals surface area contributed by atoms with E-state index in [0.29, 0.717) is 23.6 Å². The summed E-state index contributed by atoms with van der Waals surface area (Å²) in [5.41, 5.74) is 0.996. The number of carbonyl (C=O) groups is 3. The molecule has 124 valence electrons. The number of amides is 2. The lowest BCUT2D eigenvalue weighted by molar-refractivity contribution is -0.136. The van der Waals surface area contributed by atoms with Crippen LogP contribution >= 0.6 is 0 Å². The van der Waals surface area contributed by atoms with Crippen molar-refractivity contribution >= 4 is 23.5 Å². The summed E-state index contributed by atoms with van der Waals surface area (Å²) in [7, 11) is 0. The summed E-state index contributed by atoms with van der Waals surface area (Å²) in [4.78, 5) is 34.5. The van der Waals surface area contributed by atoms with Crippen LogP contribution in [0.2, 0.25) is 0 Å². The molecule has 0 unspecified atom stereocenters. The van der Waals surface area contributed by atoms with E-state index in [1.54, 1.807) is 24.3 Å². The van der Waals surface area contributed by atoms with E-state index in [1.165, 1.54) is 12.8 Å². The number of carbonyl (C=O) groups excluding carboxylic acids is 2. The normalized spacial score (nSPS) is 14.4. The Morgan fingerprint density at radius 1 is 1.09 bits per heavy atom. The van der Waals surface area contributed by atoms with Gasteiger partial charge in [-0.05, 0) is 30.4 Å². The zero-order valence-corrected chi connectivity index (χ0v) is 13.0. The summed E-state index contributed by atoms with van der Waals surface area (Å²) in [6, 6.07) is 6.75. The lowest BCUT2D eigenvalue weighted by Crippen LogP contribution is -2.33. The number of aliphatic carboxylic acids is 1. The highest BCUT2D eigenvalue weighted by molar-refractivity contribution is 5.95. The van der Waals surface area contributed by atoms with Crippen molar-refractivity contribution in [3.63, 3.8) is 0 Å². The molecule has 1 saturated carbocycles. The van der Waals surface area contributed by atoms with Crippen LogP contribution in [0.1, 0.15) is 37.7 Å². The second kappa shape index (κ2) is 8.31. The molecule has 0 aromatic heterocycles. The molecule has 1 aliphatic carbocycles. The summed E-state index contributed by atoms with van der Waals surface area (Å²) in [6.45, 7) is -0.104. The van der Waals surface area contributed by atoms with Gasteiger partial charge in [0.15, 0.2) is 0 Å². The minimum absolute atomic E-state index is 0.104. The second-order valence-electron chi connectivity index (χ2n) is 5.91. The van der Waals surface area contributed by atoms with Crippen molar-refractivity contribution in [2.75, 3.05) is 11.9 Å². The summed E-state index contributed by atoms with van der Waals surface area (Å²) in [5, 5.41) is 14.1. The number of hydrogen-bond donors (Lipinski definition) is 3. The highest BCUT2D eigenvalue weighted by atomic mass is 16.4. The van der Waals surface area contributed by atoms with Crippen LogP contribution in [-0.4, -0.2) is 29.4 Å². The van der Waals surface area contributed by atoms with Gasteiger partial charge in [0.25, 0.3) is 0 Å². The Morgan fingerprint density at radius 2 is 1.78 bits per heavy atom. The maximum atomic E-state index is 11.9. The van der Waals surface area contributed by atoms with E-state index >= 15 is 0 Å². The molecule has 2 amide bonds. The van der Waals surface area contributed by atoms with Crippen LogP contribution in [0.3, 0.4) is 0 Å². The smallest absolute Gasteiger partial charge is 0.307 e. The van der Waals surface area contributed by atoms with Crippen molar-refractivity contribution in [2.24, 2.45) is 5.92 Å². The number of carboxylic acids is 1. The molecule has 1 fully saturated rings. The van der Waals surface area contributed by atoms with E-state index in [1.807, 2.05) is 0 Å². The van der Waals surface area contributed by atoms with E-state index in [-0.39, 0.29) is 24.8 Å². The summed E-state index contributed by atoms with van der Waals surface area (Å²) in [6.07, 6.45) is 4.84. The number of anilines is 1. The molecule has 0 atom stereocenters. The van der Waals surface area contributed by atoms with Crippen LogP contribution in [0.25, 0.3) is 0 Å². The fourth-order valence-electron chi connectivity index (χ4n) is 2.88. The number of para-hydroxylation sites is 1. The SMILES string of the molecule is O=C(O)Cc1ccccc1NC(=O)CNC(=O)CC1CCCC1. The molecule has 0 spiro atoms. The van der Waals surface area contributed by atoms with Crippen LogP contribution < -0.4 is 10.6 Å². The van der Waals surface area contributed by atoms with E-state index in [0.717, 1.165) is 12.8 Å². The molecule has 1 aromatic rings. The summed E-state index contributed by atoms with van der Waals surface area (Å²) in [5.74, 6) is -0.987. The van der Waals surface area contributed by atoms with Gasteiger partial charge in [0.1, 0.15) is 0 Å². The van der Waals surface area contributed by atoms with Gasteiger partial charge in [0.2, 0.25) is 11.8 Å². The molecule has 6 heteroatoms. The molecular weight excluding hydrogens is 296 g/mol. The molecule has 0 radical (unpaired) electrons. The Labute approximate surface area is 135 Å². The van der Waals surface area contributed by atoms with Gasteiger partial charge in [-0.25, -0.2) is 0 Å². The number of nitrogens with one attached hydrogen (secondary N) is 2.